The van der Waals surface area contributed by atoms with Gasteiger partial charge in [0.2, 0.25) is 0 Å². The summed E-state index contributed by atoms with van der Waals surface area (Å²) >= 11 is 0. The lowest BCUT2D eigenvalue weighted by Gasteiger charge is -2.21. The molecule has 1 N–H and O–H groups in total. The molecular weight excluding hydrogens is 265 g/mol. The molecule has 0 saturated carbocycles. The van der Waals surface area contributed by atoms with Gasteiger partial charge in [-0.2, -0.15) is 5.10 Å². The zero-order chi connectivity index (χ0) is 15.6. The lowest BCUT2D eigenvalue weighted by molar-refractivity contribution is 0.488. The van der Waals surface area contributed by atoms with Crippen LogP contribution >= 0.6 is 0 Å². The van der Waals surface area contributed by atoms with Gasteiger partial charge in [0.1, 0.15) is 5.82 Å². The van der Waals surface area contributed by atoms with E-state index in [4.69, 9.17) is 0 Å². The highest BCUT2D eigenvalue weighted by Crippen LogP contribution is 2.24. The molecule has 2 rings (SSSR count). The zero-order valence-electron chi connectivity index (χ0n) is 13.4. The summed E-state index contributed by atoms with van der Waals surface area (Å²) in [7, 11) is 0. The smallest absolute Gasteiger partial charge is 0.123 e. The highest BCUT2D eigenvalue weighted by molar-refractivity contribution is 5.28. The summed E-state index contributed by atoms with van der Waals surface area (Å²) in [4.78, 5) is 0. The molecule has 0 spiro atoms. The summed E-state index contributed by atoms with van der Waals surface area (Å²) in [5.41, 5.74) is 4.45. The van der Waals surface area contributed by atoms with Crippen molar-refractivity contribution in [3.63, 3.8) is 0 Å². The molecule has 1 heterocycles. The van der Waals surface area contributed by atoms with Gasteiger partial charge in [-0.05, 0) is 52.3 Å². The van der Waals surface area contributed by atoms with Crippen LogP contribution in [0.1, 0.15) is 55.4 Å². The van der Waals surface area contributed by atoms with Gasteiger partial charge in [-0.25, -0.2) is 4.39 Å². The molecule has 4 heteroatoms. The molecule has 2 atom stereocenters. The first-order valence-corrected chi connectivity index (χ1v) is 7.49. The Morgan fingerprint density at radius 1 is 1.24 bits per heavy atom. The van der Waals surface area contributed by atoms with Crippen LogP contribution in [0.3, 0.4) is 0 Å². The van der Waals surface area contributed by atoms with E-state index in [0.717, 1.165) is 17.8 Å². The Balaban J connectivity index is 2.18. The quantitative estimate of drug-likeness (QED) is 0.899. The normalized spacial score (nSPS) is 14.2. The molecule has 0 saturated heterocycles. The van der Waals surface area contributed by atoms with Crippen molar-refractivity contribution in [1.82, 2.24) is 15.1 Å². The standard InChI is InChI=1S/C17H24FN3/c1-6-21-14(5)17(13(4)20-21)12(3)19-11(2)15-8-7-9-16(18)10-15/h7-12,19H,6H2,1-5H3. The Kier molecular flexibility index (Phi) is 4.78. The van der Waals surface area contributed by atoms with Crippen LogP contribution < -0.4 is 5.32 Å². The summed E-state index contributed by atoms with van der Waals surface area (Å²) in [5, 5.41) is 8.10. The largest absolute Gasteiger partial charge is 0.304 e. The Bertz CT molecular complexity index is 618. The molecule has 0 bridgehead atoms. The number of hydrogen-bond acceptors (Lipinski definition) is 2. The molecule has 1 aromatic heterocycles. The molecule has 114 valence electrons. The Morgan fingerprint density at radius 2 is 1.95 bits per heavy atom. The van der Waals surface area contributed by atoms with Crippen molar-refractivity contribution in [2.75, 3.05) is 0 Å². The predicted octanol–water partition coefficient (Wildman–Crippen LogP) is 4.07. The fourth-order valence-corrected chi connectivity index (χ4v) is 2.98. The molecule has 0 amide bonds. The van der Waals surface area contributed by atoms with E-state index in [1.165, 1.54) is 17.3 Å². The molecule has 2 unspecified atom stereocenters. The van der Waals surface area contributed by atoms with Gasteiger partial charge in [0.25, 0.3) is 0 Å². The number of nitrogens with zero attached hydrogens (tertiary/aromatic N) is 2. The van der Waals surface area contributed by atoms with Crippen molar-refractivity contribution >= 4 is 0 Å². The first kappa shape index (κ1) is 15.7. The summed E-state index contributed by atoms with van der Waals surface area (Å²) in [6.45, 7) is 11.3. The minimum Gasteiger partial charge on any atom is -0.304 e. The van der Waals surface area contributed by atoms with Crippen molar-refractivity contribution in [2.45, 2.75) is 53.2 Å². The lowest BCUT2D eigenvalue weighted by atomic mass is 10.0. The molecule has 0 aliphatic rings. The Morgan fingerprint density at radius 3 is 2.52 bits per heavy atom. The first-order valence-electron chi connectivity index (χ1n) is 7.49. The van der Waals surface area contributed by atoms with E-state index in [1.807, 2.05) is 17.7 Å². The topological polar surface area (TPSA) is 29.9 Å². The molecule has 0 fully saturated rings. The lowest BCUT2D eigenvalue weighted by Crippen LogP contribution is -2.23. The van der Waals surface area contributed by atoms with Crippen LogP contribution in [0, 0.1) is 19.7 Å². The van der Waals surface area contributed by atoms with Gasteiger partial charge >= 0.3 is 0 Å². The fourth-order valence-electron chi connectivity index (χ4n) is 2.98. The van der Waals surface area contributed by atoms with Crippen LogP contribution in [0.2, 0.25) is 0 Å². The number of aromatic nitrogens is 2. The second-order valence-electron chi connectivity index (χ2n) is 5.57. The molecule has 0 aliphatic carbocycles. The maximum Gasteiger partial charge on any atom is 0.123 e. The number of halogens is 1. The molecular formula is C17H24FN3. The second-order valence-corrected chi connectivity index (χ2v) is 5.57. The first-order chi connectivity index (χ1) is 9.93. The van der Waals surface area contributed by atoms with Crippen LogP contribution in [0.25, 0.3) is 0 Å². The van der Waals surface area contributed by atoms with Gasteiger partial charge in [0, 0.05) is 29.9 Å². The van der Waals surface area contributed by atoms with Crippen LogP contribution in [0.5, 0.6) is 0 Å². The van der Waals surface area contributed by atoms with Gasteiger partial charge in [0.05, 0.1) is 5.69 Å². The SMILES string of the molecule is CCn1nc(C)c(C(C)NC(C)c2cccc(F)c2)c1C. The minimum absolute atomic E-state index is 0.0828. The van der Waals surface area contributed by atoms with Crippen LogP contribution in [-0.4, -0.2) is 9.78 Å². The summed E-state index contributed by atoms with van der Waals surface area (Å²) < 4.78 is 15.3. The maximum atomic E-state index is 13.3. The fraction of sp³-hybridized carbons (Fsp3) is 0.471. The van der Waals surface area contributed by atoms with E-state index in [-0.39, 0.29) is 17.9 Å². The predicted molar refractivity (Wildman–Crippen MR) is 83.7 cm³/mol. The number of aryl methyl sites for hydroxylation is 2. The molecule has 21 heavy (non-hydrogen) atoms. The average Bonchev–Trinajstić information content (AvgIpc) is 2.73. The van der Waals surface area contributed by atoms with Crippen molar-refractivity contribution in [2.24, 2.45) is 0 Å². The summed E-state index contributed by atoms with van der Waals surface area (Å²) in [6.07, 6.45) is 0. The third-order valence-electron chi connectivity index (χ3n) is 4.02. The highest BCUT2D eigenvalue weighted by atomic mass is 19.1. The number of benzene rings is 1. The second kappa shape index (κ2) is 6.39. The molecule has 0 aliphatic heterocycles. The average molecular weight is 289 g/mol. The summed E-state index contributed by atoms with van der Waals surface area (Å²) in [5.74, 6) is -0.194. The van der Waals surface area contributed by atoms with Crippen molar-refractivity contribution < 1.29 is 4.39 Å². The van der Waals surface area contributed by atoms with Crippen LogP contribution in [0.4, 0.5) is 4.39 Å². The van der Waals surface area contributed by atoms with Gasteiger partial charge < -0.3 is 5.32 Å². The highest BCUT2D eigenvalue weighted by Gasteiger charge is 2.19. The number of hydrogen-bond donors (Lipinski definition) is 1. The summed E-state index contributed by atoms with van der Waals surface area (Å²) in [6, 6.07) is 7.00. The molecule has 0 radical (unpaired) electrons. The number of rotatable bonds is 5. The third-order valence-corrected chi connectivity index (χ3v) is 4.02. The van der Waals surface area contributed by atoms with Gasteiger partial charge in [0.15, 0.2) is 0 Å². The van der Waals surface area contributed by atoms with Gasteiger partial charge in [-0.15, -0.1) is 0 Å². The van der Waals surface area contributed by atoms with Gasteiger partial charge in [-0.3, -0.25) is 4.68 Å². The van der Waals surface area contributed by atoms with Gasteiger partial charge in [-0.1, -0.05) is 12.1 Å². The monoisotopic (exact) mass is 289 g/mol. The molecule has 2 aromatic rings. The Hall–Kier alpha value is -1.68. The van der Waals surface area contributed by atoms with Crippen LogP contribution in [0.15, 0.2) is 24.3 Å². The van der Waals surface area contributed by atoms with E-state index in [9.17, 15) is 4.39 Å². The van der Waals surface area contributed by atoms with E-state index in [0.29, 0.717) is 0 Å². The van der Waals surface area contributed by atoms with E-state index in [2.05, 4.69) is 38.1 Å². The van der Waals surface area contributed by atoms with Crippen molar-refractivity contribution in [3.8, 4) is 0 Å². The van der Waals surface area contributed by atoms with Crippen LogP contribution in [-0.2, 0) is 6.54 Å². The van der Waals surface area contributed by atoms with E-state index in [1.54, 1.807) is 12.1 Å². The number of nitrogens with one attached hydrogen (secondary N) is 1. The third kappa shape index (κ3) is 3.32. The zero-order valence-corrected chi connectivity index (χ0v) is 13.4. The van der Waals surface area contributed by atoms with Crippen molar-refractivity contribution in [3.05, 3.63) is 52.6 Å². The Labute approximate surface area is 126 Å². The minimum atomic E-state index is -0.194. The maximum absolute atomic E-state index is 13.3. The molecule has 1 aromatic carbocycles. The van der Waals surface area contributed by atoms with E-state index >= 15 is 0 Å². The van der Waals surface area contributed by atoms with Crippen molar-refractivity contribution in [1.29, 1.82) is 0 Å². The molecule has 3 nitrogen and oxygen atoms in total. The van der Waals surface area contributed by atoms with E-state index < -0.39 is 0 Å².